The largest absolute Gasteiger partial charge is 0.366 e. The lowest BCUT2D eigenvalue weighted by atomic mass is 10.2. The van der Waals surface area contributed by atoms with Gasteiger partial charge >= 0.3 is 0 Å². The van der Waals surface area contributed by atoms with E-state index >= 15 is 0 Å². The van der Waals surface area contributed by atoms with Gasteiger partial charge in [0.1, 0.15) is 0 Å². The molecule has 0 aliphatic heterocycles. The molecule has 0 unspecified atom stereocenters. The molecular weight excluding hydrogens is 296 g/mol. The summed E-state index contributed by atoms with van der Waals surface area (Å²) in [6.07, 6.45) is 0.670. The predicted octanol–water partition coefficient (Wildman–Crippen LogP) is 0.251. The van der Waals surface area contributed by atoms with Gasteiger partial charge in [0.2, 0.25) is 11.8 Å². The van der Waals surface area contributed by atoms with Gasteiger partial charge in [0.05, 0.1) is 15.6 Å². The quantitative estimate of drug-likeness (QED) is 0.272. The summed E-state index contributed by atoms with van der Waals surface area (Å²) < 4.78 is 0. The smallest absolute Gasteiger partial charge is 0.283 e. The molecule has 5 N–H and O–H groups in total. The number of nitro groups is 1. The highest BCUT2D eigenvalue weighted by molar-refractivity contribution is 8.00. The zero-order valence-corrected chi connectivity index (χ0v) is 12.0. The van der Waals surface area contributed by atoms with Crippen molar-refractivity contribution in [3.05, 3.63) is 33.9 Å². The van der Waals surface area contributed by atoms with Crippen molar-refractivity contribution in [1.82, 2.24) is 5.32 Å². The van der Waals surface area contributed by atoms with E-state index in [1.807, 2.05) is 0 Å². The second kappa shape index (κ2) is 8.22. The number of amides is 2. The number of nitrogens with zero attached hydrogens (tertiary/aromatic N) is 1. The van der Waals surface area contributed by atoms with Crippen molar-refractivity contribution in [3.63, 3.8) is 0 Å². The van der Waals surface area contributed by atoms with Crippen LogP contribution in [0.1, 0.15) is 16.8 Å². The summed E-state index contributed by atoms with van der Waals surface area (Å²) >= 11 is 1.02. The van der Waals surface area contributed by atoms with E-state index in [0.717, 1.165) is 17.8 Å². The lowest BCUT2D eigenvalue weighted by Gasteiger charge is -2.05. The van der Waals surface area contributed by atoms with Gasteiger partial charge in [-0.15, -0.1) is 11.8 Å². The Labute approximate surface area is 125 Å². The van der Waals surface area contributed by atoms with Crippen molar-refractivity contribution >= 4 is 29.3 Å². The number of carbonyl (C=O) groups is 2. The maximum absolute atomic E-state index is 11.5. The molecule has 0 atom stereocenters. The van der Waals surface area contributed by atoms with Crippen LogP contribution in [0.3, 0.4) is 0 Å². The SMILES string of the molecule is NCCCNC(=O)CSc1ccc(C(N)=O)cc1[N+](=O)[O-]. The number of hydrogen-bond donors (Lipinski definition) is 3. The van der Waals surface area contributed by atoms with Gasteiger partial charge in [-0.2, -0.15) is 0 Å². The van der Waals surface area contributed by atoms with Gasteiger partial charge in [0.25, 0.3) is 5.69 Å². The van der Waals surface area contributed by atoms with Crippen LogP contribution in [0, 0.1) is 10.1 Å². The zero-order chi connectivity index (χ0) is 15.8. The molecule has 2 amide bonds. The molecule has 0 aliphatic rings. The molecule has 0 fully saturated rings. The van der Waals surface area contributed by atoms with Crippen LogP contribution in [0.5, 0.6) is 0 Å². The van der Waals surface area contributed by atoms with Crippen LogP contribution in [0.4, 0.5) is 5.69 Å². The number of hydrogen-bond acceptors (Lipinski definition) is 6. The standard InChI is InChI=1S/C12H16N4O4S/c13-4-1-5-15-11(17)7-21-10-3-2-8(12(14)18)6-9(10)16(19)20/h2-3,6H,1,4-5,7,13H2,(H2,14,18)(H,15,17). The molecule has 1 aromatic carbocycles. The predicted molar refractivity (Wildman–Crippen MR) is 79.0 cm³/mol. The molecular formula is C12H16N4O4S. The highest BCUT2D eigenvalue weighted by Gasteiger charge is 2.17. The Morgan fingerprint density at radius 2 is 2.10 bits per heavy atom. The molecule has 8 nitrogen and oxygen atoms in total. The Morgan fingerprint density at radius 1 is 1.38 bits per heavy atom. The Hall–Kier alpha value is -2.13. The van der Waals surface area contributed by atoms with E-state index in [1.165, 1.54) is 12.1 Å². The second-order valence-electron chi connectivity index (χ2n) is 4.08. The van der Waals surface area contributed by atoms with Crippen molar-refractivity contribution in [2.45, 2.75) is 11.3 Å². The first-order valence-electron chi connectivity index (χ1n) is 6.13. The van der Waals surface area contributed by atoms with Crippen LogP contribution in [0.25, 0.3) is 0 Å². The van der Waals surface area contributed by atoms with E-state index in [1.54, 1.807) is 0 Å². The third kappa shape index (κ3) is 5.40. The minimum Gasteiger partial charge on any atom is -0.366 e. The molecule has 0 saturated carbocycles. The first-order chi connectivity index (χ1) is 9.95. The summed E-state index contributed by atoms with van der Waals surface area (Å²) in [6, 6.07) is 3.91. The number of nitrogens with two attached hydrogens (primary N) is 2. The van der Waals surface area contributed by atoms with E-state index in [0.29, 0.717) is 24.4 Å². The average molecular weight is 312 g/mol. The minimum atomic E-state index is -0.742. The number of benzene rings is 1. The van der Waals surface area contributed by atoms with E-state index in [9.17, 15) is 19.7 Å². The third-order valence-electron chi connectivity index (χ3n) is 2.50. The summed E-state index contributed by atoms with van der Waals surface area (Å²) in [6.45, 7) is 0.950. The number of thioether (sulfide) groups is 1. The van der Waals surface area contributed by atoms with Gasteiger partial charge in [0, 0.05) is 18.2 Å². The van der Waals surface area contributed by atoms with Crippen LogP contribution < -0.4 is 16.8 Å². The second-order valence-corrected chi connectivity index (χ2v) is 5.10. The Kier molecular flexibility index (Phi) is 6.63. The zero-order valence-electron chi connectivity index (χ0n) is 11.2. The van der Waals surface area contributed by atoms with E-state index in [-0.39, 0.29) is 22.9 Å². The molecule has 21 heavy (non-hydrogen) atoms. The van der Waals surface area contributed by atoms with E-state index in [2.05, 4.69) is 5.32 Å². The molecule has 0 bridgehead atoms. The third-order valence-corrected chi connectivity index (χ3v) is 3.56. The summed E-state index contributed by atoms with van der Waals surface area (Å²) in [5, 5.41) is 13.6. The molecule has 0 aromatic heterocycles. The first kappa shape index (κ1) is 16.9. The minimum absolute atomic E-state index is 0.0430. The summed E-state index contributed by atoms with van der Waals surface area (Å²) in [5.41, 5.74) is 10.2. The van der Waals surface area contributed by atoms with Gasteiger partial charge in [-0.25, -0.2) is 0 Å². The van der Waals surface area contributed by atoms with Crippen LogP contribution >= 0.6 is 11.8 Å². The number of nitrogens with one attached hydrogen (secondary N) is 1. The van der Waals surface area contributed by atoms with Crippen LogP contribution in [-0.2, 0) is 4.79 Å². The van der Waals surface area contributed by atoms with Crippen molar-refractivity contribution in [1.29, 1.82) is 0 Å². The lowest BCUT2D eigenvalue weighted by molar-refractivity contribution is -0.387. The molecule has 0 aliphatic carbocycles. The first-order valence-corrected chi connectivity index (χ1v) is 7.12. The molecule has 114 valence electrons. The Morgan fingerprint density at radius 3 is 2.67 bits per heavy atom. The molecule has 1 aromatic rings. The summed E-state index contributed by atoms with van der Waals surface area (Å²) in [7, 11) is 0. The van der Waals surface area contributed by atoms with E-state index in [4.69, 9.17) is 11.5 Å². The number of primary amides is 1. The van der Waals surface area contributed by atoms with Crippen molar-refractivity contribution < 1.29 is 14.5 Å². The number of nitro benzene ring substituents is 1. The Balaban J connectivity index is 2.72. The number of carbonyl (C=O) groups excluding carboxylic acids is 2. The molecule has 9 heteroatoms. The monoisotopic (exact) mass is 312 g/mol. The van der Waals surface area contributed by atoms with Crippen LogP contribution in [0.15, 0.2) is 23.1 Å². The van der Waals surface area contributed by atoms with Gasteiger partial charge in [-0.05, 0) is 25.1 Å². The van der Waals surface area contributed by atoms with Gasteiger partial charge in [-0.1, -0.05) is 0 Å². The van der Waals surface area contributed by atoms with Crippen LogP contribution in [-0.4, -0.2) is 35.6 Å². The molecule has 0 heterocycles. The van der Waals surface area contributed by atoms with Gasteiger partial charge in [-0.3, -0.25) is 19.7 Å². The van der Waals surface area contributed by atoms with Crippen molar-refractivity contribution in [2.75, 3.05) is 18.8 Å². The molecule has 0 spiro atoms. The summed E-state index contributed by atoms with van der Waals surface area (Å²) in [5.74, 6) is -0.933. The maximum Gasteiger partial charge on any atom is 0.283 e. The van der Waals surface area contributed by atoms with E-state index < -0.39 is 10.8 Å². The summed E-state index contributed by atoms with van der Waals surface area (Å²) in [4.78, 5) is 33.2. The average Bonchev–Trinajstić information content (AvgIpc) is 2.45. The highest BCUT2D eigenvalue weighted by atomic mass is 32.2. The van der Waals surface area contributed by atoms with Crippen LogP contribution in [0.2, 0.25) is 0 Å². The topological polar surface area (TPSA) is 141 Å². The van der Waals surface area contributed by atoms with Crippen molar-refractivity contribution in [2.24, 2.45) is 11.5 Å². The highest BCUT2D eigenvalue weighted by Crippen LogP contribution is 2.29. The lowest BCUT2D eigenvalue weighted by Crippen LogP contribution is -2.27. The molecule has 1 rings (SSSR count). The Bertz CT molecular complexity index is 550. The van der Waals surface area contributed by atoms with Gasteiger partial charge < -0.3 is 16.8 Å². The maximum atomic E-state index is 11.5. The van der Waals surface area contributed by atoms with Crippen molar-refractivity contribution in [3.8, 4) is 0 Å². The fourth-order valence-corrected chi connectivity index (χ4v) is 2.29. The number of rotatable bonds is 8. The molecule has 0 radical (unpaired) electrons. The normalized spacial score (nSPS) is 10.1. The fourth-order valence-electron chi connectivity index (χ4n) is 1.46. The van der Waals surface area contributed by atoms with Gasteiger partial charge in [0.15, 0.2) is 0 Å². The molecule has 0 saturated heterocycles. The fraction of sp³-hybridized carbons (Fsp3) is 0.333.